The molecule has 0 spiro atoms. The molecule has 0 aromatic carbocycles. The van der Waals surface area contributed by atoms with Crippen molar-refractivity contribution in [2.24, 2.45) is 0 Å². The van der Waals surface area contributed by atoms with Gasteiger partial charge in [-0.2, -0.15) is 0 Å². The minimum atomic E-state index is 0.457. The molecule has 2 aliphatic rings. The normalized spacial score (nSPS) is 32.5. The molecule has 0 amide bonds. The second-order valence-corrected chi connectivity index (χ2v) is 5.88. The fourth-order valence-corrected chi connectivity index (χ4v) is 3.28. The molecule has 100 valence electrons. The number of hydrogen-bond donors (Lipinski definition) is 1. The second kappa shape index (κ2) is 6.17. The summed E-state index contributed by atoms with van der Waals surface area (Å²) >= 11 is 0. The molecule has 3 nitrogen and oxygen atoms in total. The van der Waals surface area contributed by atoms with Crippen LogP contribution in [0.2, 0.25) is 0 Å². The minimum absolute atomic E-state index is 0.457. The Hall–Kier alpha value is -0.120. The van der Waals surface area contributed by atoms with Crippen molar-refractivity contribution >= 4 is 0 Å². The summed E-state index contributed by atoms with van der Waals surface area (Å²) in [5.74, 6) is 0. The van der Waals surface area contributed by atoms with Crippen LogP contribution in [0, 0.1) is 0 Å². The van der Waals surface area contributed by atoms with Gasteiger partial charge in [-0.15, -0.1) is 0 Å². The largest absolute Gasteiger partial charge is 0.380 e. The molecule has 1 saturated heterocycles. The first-order chi connectivity index (χ1) is 8.20. The molecular weight excluding hydrogens is 212 g/mol. The molecule has 2 unspecified atom stereocenters. The summed E-state index contributed by atoms with van der Waals surface area (Å²) in [6.07, 6.45) is 6.90. The number of ether oxygens (including phenoxy) is 1. The lowest BCUT2D eigenvalue weighted by Crippen LogP contribution is -2.49. The molecule has 1 N–H and O–H groups in total. The molecule has 1 aliphatic heterocycles. The van der Waals surface area contributed by atoms with E-state index in [0.717, 1.165) is 0 Å². The van der Waals surface area contributed by atoms with Crippen LogP contribution in [0.1, 0.15) is 46.0 Å². The average molecular weight is 240 g/mol. The Kier molecular flexibility index (Phi) is 4.83. The first-order valence-electron chi connectivity index (χ1n) is 7.23. The lowest BCUT2D eigenvalue weighted by atomic mass is 10.0. The Bertz CT molecular complexity index is 224. The lowest BCUT2D eigenvalue weighted by molar-refractivity contribution is 0.0738. The molecule has 1 heterocycles. The zero-order valence-electron chi connectivity index (χ0n) is 11.6. The molecule has 2 rings (SSSR count). The van der Waals surface area contributed by atoms with Crippen LogP contribution in [0.25, 0.3) is 0 Å². The third kappa shape index (κ3) is 3.43. The van der Waals surface area contributed by atoms with Crippen molar-refractivity contribution in [3.63, 3.8) is 0 Å². The van der Waals surface area contributed by atoms with E-state index in [9.17, 15) is 0 Å². The molecule has 1 aliphatic carbocycles. The fraction of sp³-hybridized carbons (Fsp3) is 1.00. The van der Waals surface area contributed by atoms with Crippen molar-refractivity contribution in [2.45, 2.75) is 70.2 Å². The fourth-order valence-electron chi connectivity index (χ4n) is 3.28. The van der Waals surface area contributed by atoms with Gasteiger partial charge in [0.25, 0.3) is 0 Å². The predicted molar refractivity (Wildman–Crippen MR) is 71.3 cm³/mol. The van der Waals surface area contributed by atoms with Gasteiger partial charge in [0, 0.05) is 25.2 Å². The maximum Gasteiger partial charge on any atom is 0.0724 e. The van der Waals surface area contributed by atoms with Gasteiger partial charge in [-0.25, -0.2) is 0 Å². The summed E-state index contributed by atoms with van der Waals surface area (Å²) in [6, 6.07) is 2.02. The van der Waals surface area contributed by atoms with Crippen LogP contribution in [0.4, 0.5) is 0 Å². The van der Waals surface area contributed by atoms with Gasteiger partial charge >= 0.3 is 0 Å². The first kappa shape index (κ1) is 13.3. The van der Waals surface area contributed by atoms with E-state index in [1.807, 2.05) is 7.11 Å². The smallest absolute Gasteiger partial charge is 0.0724 e. The third-order valence-electron chi connectivity index (χ3n) is 4.46. The van der Waals surface area contributed by atoms with Crippen molar-refractivity contribution in [2.75, 3.05) is 20.2 Å². The van der Waals surface area contributed by atoms with Crippen molar-refractivity contribution in [1.82, 2.24) is 10.2 Å². The van der Waals surface area contributed by atoms with E-state index in [2.05, 4.69) is 24.1 Å². The van der Waals surface area contributed by atoms with Crippen LogP contribution >= 0.6 is 0 Å². The Morgan fingerprint density at radius 3 is 2.41 bits per heavy atom. The number of piperidine rings is 1. The van der Waals surface area contributed by atoms with Gasteiger partial charge in [-0.1, -0.05) is 0 Å². The monoisotopic (exact) mass is 240 g/mol. The molecule has 2 atom stereocenters. The second-order valence-electron chi connectivity index (χ2n) is 5.88. The summed E-state index contributed by atoms with van der Waals surface area (Å²) < 4.78 is 5.55. The maximum absolute atomic E-state index is 5.55. The zero-order valence-corrected chi connectivity index (χ0v) is 11.6. The SMILES string of the molecule is COC1CCCC1NC1CCN(C(C)C)CC1. The standard InChI is InChI=1S/C14H28N2O/c1-11(2)16-9-7-12(8-10-16)15-13-5-4-6-14(13)17-3/h11-15H,4-10H2,1-3H3. The van der Waals surface area contributed by atoms with Crippen LogP contribution in [0.3, 0.4) is 0 Å². The number of rotatable bonds is 4. The topological polar surface area (TPSA) is 24.5 Å². The number of nitrogens with one attached hydrogen (secondary N) is 1. The number of hydrogen-bond acceptors (Lipinski definition) is 3. The Balaban J connectivity index is 1.74. The molecule has 0 aromatic heterocycles. The molecule has 0 radical (unpaired) electrons. The molecule has 2 fully saturated rings. The van der Waals surface area contributed by atoms with Gasteiger partial charge in [0.2, 0.25) is 0 Å². The molecule has 17 heavy (non-hydrogen) atoms. The highest BCUT2D eigenvalue weighted by atomic mass is 16.5. The predicted octanol–water partition coefficient (Wildman–Crippen LogP) is 2.02. The molecular formula is C14H28N2O. The van der Waals surface area contributed by atoms with E-state index < -0.39 is 0 Å². The average Bonchev–Trinajstić information content (AvgIpc) is 2.77. The summed E-state index contributed by atoms with van der Waals surface area (Å²) in [5, 5.41) is 3.83. The summed E-state index contributed by atoms with van der Waals surface area (Å²) in [5.41, 5.74) is 0. The van der Waals surface area contributed by atoms with Gasteiger partial charge in [0.1, 0.15) is 0 Å². The maximum atomic E-state index is 5.55. The Morgan fingerprint density at radius 2 is 1.82 bits per heavy atom. The van der Waals surface area contributed by atoms with Crippen LogP contribution in [-0.2, 0) is 4.74 Å². The van der Waals surface area contributed by atoms with E-state index in [-0.39, 0.29) is 0 Å². The van der Waals surface area contributed by atoms with Gasteiger partial charge in [0.05, 0.1) is 6.10 Å². The quantitative estimate of drug-likeness (QED) is 0.813. The molecule has 3 heteroatoms. The minimum Gasteiger partial charge on any atom is -0.380 e. The molecule has 1 saturated carbocycles. The summed E-state index contributed by atoms with van der Waals surface area (Å²) in [7, 11) is 1.85. The van der Waals surface area contributed by atoms with Crippen LogP contribution < -0.4 is 5.32 Å². The third-order valence-corrected chi connectivity index (χ3v) is 4.46. The Morgan fingerprint density at radius 1 is 1.12 bits per heavy atom. The van der Waals surface area contributed by atoms with Crippen LogP contribution in [0.15, 0.2) is 0 Å². The number of likely N-dealkylation sites (tertiary alicyclic amines) is 1. The van der Waals surface area contributed by atoms with Crippen molar-refractivity contribution in [3.05, 3.63) is 0 Å². The zero-order chi connectivity index (χ0) is 12.3. The van der Waals surface area contributed by atoms with Crippen LogP contribution in [0.5, 0.6) is 0 Å². The van der Waals surface area contributed by atoms with Gasteiger partial charge in [0.15, 0.2) is 0 Å². The van der Waals surface area contributed by atoms with Gasteiger partial charge < -0.3 is 15.0 Å². The molecule has 0 bridgehead atoms. The van der Waals surface area contributed by atoms with E-state index >= 15 is 0 Å². The number of nitrogens with zero attached hydrogens (tertiary/aromatic N) is 1. The van der Waals surface area contributed by atoms with E-state index in [1.165, 1.54) is 45.2 Å². The van der Waals surface area contributed by atoms with Gasteiger partial charge in [-0.05, 0) is 59.0 Å². The van der Waals surface area contributed by atoms with Crippen LogP contribution in [-0.4, -0.2) is 49.3 Å². The lowest BCUT2D eigenvalue weighted by Gasteiger charge is -2.36. The highest BCUT2D eigenvalue weighted by molar-refractivity contribution is 4.88. The summed E-state index contributed by atoms with van der Waals surface area (Å²) in [6.45, 7) is 7.09. The number of methoxy groups -OCH3 is 1. The van der Waals surface area contributed by atoms with E-state index in [0.29, 0.717) is 24.2 Å². The first-order valence-corrected chi connectivity index (χ1v) is 7.23. The van der Waals surface area contributed by atoms with Gasteiger partial charge in [-0.3, -0.25) is 0 Å². The van der Waals surface area contributed by atoms with E-state index in [4.69, 9.17) is 4.74 Å². The van der Waals surface area contributed by atoms with E-state index in [1.54, 1.807) is 0 Å². The van der Waals surface area contributed by atoms with Crippen molar-refractivity contribution in [3.8, 4) is 0 Å². The highest BCUT2D eigenvalue weighted by Gasteiger charge is 2.30. The molecule has 0 aromatic rings. The summed E-state index contributed by atoms with van der Waals surface area (Å²) in [4.78, 5) is 2.58. The Labute approximate surface area is 106 Å². The van der Waals surface area contributed by atoms with Crippen molar-refractivity contribution in [1.29, 1.82) is 0 Å². The highest BCUT2D eigenvalue weighted by Crippen LogP contribution is 2.23. The van der Waals surface area contributed by atoms with Crippen molar-refractivity contribution < 1.29 is 4.74 Å².